The van der Waals surface area contributed by atoms with Crippen LogP contribution in [0.3, 0.4) is 0 Å². The molecule has 11 aromatic rings. The van der Waals surface area contributed by atoms with E-state index in [2.05, 4.69) is 0 Å². The van der Waals surface area contributed by atoms with E-state index in [9.17, 15) is 32.9 Å². The molecule has 9 aromatic carbocycles. The van der Waals surface area contributed by atoms with Gasteiger partial charge in [0.25, 0.3) is 0 Å². The van der Waals surface area contributed by atoms with Crippen LogP contribution in [0.5, 0.6) is 0 Å². The van der Waals surface area contributed by atoms with Crippen LogP contribution >= 0.6 is 22.9 Å². The van der Waals surface area contributed by atoms with Gasteiger partial charge < -0.3 is 19.3 Å². The first kappa shape index (κ1) is 22.6. The number of halogens is 1. The zero-order valence-corrected chi connectivity index (χ0v) is 41.6. The zero-order chi connectivity index (χ0) is 77.7. The van der Waals surface area contributed by atoms with Crippen molar-refractivity contribution in [3.8, 4) is 5.69 Å². The van der Waals surface area contributed by atoms with Crippen LogP contribution in [-0.4, -0.2) is 4.57 Å². The molecule has 0 saturated heterocycles. The van der Waals surface area contributed by atoms with E-state index in [1.165, 1.54) is 0 Å². The van der Waals surface area contributed by atoms with Crippen LogP contribution in [0.15, 0.2) is 193 Å². The molecule has 1 aliphatic heterocycles. The first-order valence-corrected chi connectivity index (χ1v) is 23.7. The third kappa shape index (κ3) is 7.56. The van der Waals surface area contributed by atoms with E-state index in [1.807, 2.05) is 0 Å². The second-order valence-electron chi connectivity index (χ2n) is 20.0. The average Bonchev–Trinajstić information content (AvgIpc) is 1.47. The monoisotopic (exact) mass is 1010 g/mol. The first-order chi connectivity index (χ1) is 47.9. The fourth-order valence-corrected chi connectivity index (χ4v) is 9.73. The minimum atomic E-state index is -1.40. The summed E-state index contributed by atoms with van der Waals surface area (Å²) < 4.78 is 310. The van der Waals surface area contributed by atoms with Crippen LogP contribution in [0, 0.1) is 0 Å². The number of benzene rings is 9. The van der Waals surface area contributed by atoms with Crippen molar-refractivity contribution in [2.24, 2.45) is 0 Å². The fraction of sp³-hybridized carbons (Fsp3) is 0.182. The van der Waals surface area contributed by atoms with Crippen molar-refractivity contribution in [3.05, 3.63) is 215 Å². The average molecular weight is 1010 g/mol. The molecule has 1 aliphatic rings. The Morgan fingerprint density at radius 2 is 0.986 bits per heavy atom. The summed E-state index contributed by atoms with van der Waals surface area (Å²) in [7, 11) is 0. The second kappa shape index (κ2) is 16.9. The number of fused-ring (bicyclic) bond motifs is 8. The van der Waals surface area contributed by atoms with Gasteiger partial charge >= 0.3 is 0 Å². The van der Waals surface area contributed by atoms with Crippen LogP contribution in [0.2, 0.25) is 5.02 Å². The Labute approximate surface area is 477 Å². The van der Waals surface area contributed by atoms with E-state index in [4.69, 9.17) is 22.6 Å². The summed E-state index contributed by atoms with van der Waals surface area (Å²) in [6.07, 6.45) is 0. The predicted octanol–water partition coefficient (Wildman–Crippen LogP) is 20.4. The fourth-order valence-electron chi connectivity index (χ4n) is 8.41. The van der Waals surface area contributed by atoms with Crippen LogP contribution in [0.1, 0.15) is 123 Å². The molecule has 0 fully saturated rings. The highest BCUT2D eigenvalue weighted by molar-refractivity contribution is 7.26. The predicted molar refractivity (Wildman–Crippen MR) is 312 cm³/mol. The number of nitrogens with zero attached hydrogens (tertiary/aromatic N) is 4. The Kier molecular flexibility index (Phi) is 5.31. The van der Waals surface area contributed by atoms with Gasteiger partial charge in [0, 0.05) is 43.3 Å². The van der Waals surface area contributed by atoms with Crippen LogP contribution in [0.4, 0.5) is 51.2 Å². The first-order valence-electron chi connectivity index (χ1n) is 38.5. The van der Waals surface area contributed by atoms with Crippen LogP contribution in [0.25, 0.3) is 47.7 Å². The maximum absolute atomic E-state index is 11.1. The molecule has 0 amide bonds. The minimum Gasteiger partial charge on any atom is -0.310 e. The van der Waals surface area contributed by atoms with Crippen molar-refractivity contribution in [3.63, 3.8) is 0 Å². The maximum atomic E-state index is 11.1. The summed E-state index contributed by atoms with van der Waals surface area (Å²) in [4.78, 5) is 1.74. The number of thiophene rings is 1. The number of hydrogen-bond donors (Lipinski definition) is 0. The summed E-state index contributed by atoms with van der Waals surface area (Å²) in [5.41, 5.74) is -15.0. The lowest BCUT2D eigenvalue weighted by Crippen LogP contribution is -2.22. The Morgan fingerprint density at radius 1 is 0.417 bits per heavy atom. The van der Waals surface area contributed by atoms with Crippen molar-refractivity contribution in [2.45, 2.75) is 78.6 Å². The van der Waals surface area contributed by atoms with Gasteiger partial charge in [0.2, 0.25) is 0 Å². The third-order valence-corrected chi connectivity index (χ3v) is 13.4. The molecule has 2 aromatic heterocycles. The number of aromatic nitrogens is 1. The van der Waals surface area contributed by atoms with Gasteiger partial charge in [-0.15, -0.1) is 11.3 Å². The molecule has 3 heterocycles. The minimum absolute atomic E-state index is 0.0236. The molecule has 0 unspecified atom stereocenters. The van der Waals surface area contributed by atoms with Crippen molar-refractivity contribution in [1.29, 1.82) is 0 Å². The smallest absolute Gasteiger partial charge is 0.0888 e. The standard InChI is InChI=1S/C66H59ClN4S/c1-64(2,3)42-31-34-47(35-32-42)69(56-29-20-26-50-49-25-16-19-30-60(49)72-63(50)56)57-40-48(68(45-21-12-10-13-22-45)46-23-14-11-15-24-46)41-58(61(57)67)70-54-27-17-18-28-55(54)71-53-36-33-43(65(4,5)6)37-51(53)52-38-44(66(7,8)9)39-59(70)62(52)71/h10-41H,1-9H3/i10D,11D,12D,13D,14D,15D,16D,17D,18D,19D,20D,21D,22D,23D,24D,25D,26D,27D,28D,29D,30D,31D,32D,33D,34D,35D,36D,37D,38D,39D,40D,41D. The Morgan fingerprint density at radius 3 is 1.65 bits per heavy atom. The van der Waals surface area contributed by atoms with E-state index in [1.54, 1.807) is 62.3 Å². The Bertz CT molecular complexity index is 5670. The topological polar surface area (TPSA) is 14.7 Å². The van der Waals surface area contributed by atoms with Gasteiger partial charge in [0.05, 0.1) is 104 Å². The molecule has 6 heteroatoms. The number of anilines is 9. The molecular weight excluding hydrogens is 916 g/mol. The zero-order valence-electron chi connectivity index (χ0n) is 72.1. The molecule has 12 rings (SSSR count). The second-order valence-corrected chi connectivity index (χ2v) is 21.4. The molecule has 0 bridgehead atoms. The van der Waals surface area contributed by atoms with Gasteiger partial charge in [-0.25, -0.2) is 0 Å². The van der Waals surface area contributed by atoms with Gasteiger partial charge in [0.15, 0.2) is 0 Å². The SMILES string of the molecule is [2H]c1c([2H])c([2H])c(N(c2c([2H])c([2H])c([2H])c([2H])c2[2H])c2c([2H])c(N(c3c([2H])c([2H])c(C(C)(C)C)c([2H])c3[2H])c3c([2H])c([2H])c([2H])c4c3sc3c([2H])c([2H])c([2H])c([2H])c34)c(Cl)c(N3c4c([2H])c([2H])c([2H])c([2H])c4-n4c5c([2H])c([2H])c(C(C)(C)C)c([2H])c5c5c([2H])c(C(C)(C)C)c([2H])c3c54)c2[2H])c([2H])c1[2H]. The highest BCUT2D eigenvalue weighted by Gasteiger charge is 2.35. The summed E-state index contributed by atoms with van der Waals surface area (Å²) in [5.74, 6) is 0. The quantitative estimate of drug-likeness (QED) is 0.158. The number of rotatable bonds is 7. The molecule has 72 heavy (non-hydrogen) atoms. The molecule has 356 valence electrons. The largest absolute Gasteiger partial charge is 0.310 e. The van der Waals surface area contributed by atoms with Crippen LogP contribution < -0.4 is 14.7 Å². The van der Waals surface area contributed by atoms with Crippen LogP contribution in [-0.2, 0) is 16.2 Å². The number of para-hydroxylation sites is 4. The van der Waals surface area contributed by atoms with E-state index < -0.39 is 298 Å². The Balaban J connectivity index is 1.48. The summed E-state index contributed by atoms with van der Waals surface area (Å²) >= 11 is 8.69. The molecular formula is C66H59ClN4S. The molecule has 0 N–H and O–H groups in total. The lowest BCUT2D eigenvalue weighted by molar-refractivity contribution is 0.590. The molecule has 0 aliphatic carbocycles. The molecule has 4 nitrogen and oxygen atoms in total. The summed E-state index contributed by atoms with van der Waals surface area (Å²) in [6, 6.07) is -31.3. The lowest BCUT2D eigenvalue weighted by atomic mass is 9.84. The van der Waals surface area contributed by atoms with Gasteiger partial charge in [-0.3, -0.25) is 0 Å². The van der Waals surface area contributed by atoms with Crippen molar-refractivity contribution < 1.29 is 43.9 Å². The van der Waals surface area contributed by atoms with Crippen molar-refractivity contribution >= 4 is 116 Å². The van der Waals surface area contributed by atoms with Crippen molar-refractivity contribution in [2.75, 3.05) is 14.7 Å². The van der Waals surface area contributed by atoms with Crippen molar-refractivity contribution in [1.82, 2.24) is 4.57 Å². The highest BCUT2D eigenvalue weighted by Crippen LogP contribution is 2.57. The highest BCUT2D eigenvalue weighted by atomic mass is 35.5. The van der Waals surface area contributed by atoms with E-state index >= 15 is 0 Å². The normalized spacial score (nSPS) is 19.1. The van der Waals surface area contributed by atoms with E-state index in [0.29, 0.717) is 21.1 Å². The van der Waals surface area contributed by atoms with Gasteiger partial charge in [-0.1, -0.05) is 171 Å². The molecule has 0 saturated carbocycles. The summed E-state index contributed by atoms with van der Waals surface area (Å²) in [6.45, 7) is 14.4. The van der Waals surface area contributed by atoms with E-state index in [-0.39, 0.29) is 32.2 Å². The molecule has 0 atom stereocenters. The van der Waals surface area contributed by atoms with Gasteiger partial charge in [-0.05, 0) is 130 Å². The Hall–Kier alpha value is -7.31. The number of hydrogen-bond acceptors (Lipinski definition) is 4. The maximum Gasteiger partial charge on any atom is 0.0888 e. The lowest BCUT2D eigenvalue weighted by Gasteiger charge is -2.37. The summed E-state index contributed by atoms with van der Waals surface area (Å²) in [5, 5.41) is -2.60. The third-order valence-electron chi connectivity index (χ3n) is 12.0. The van der Waals surface area contributed by atoms with Gasteiger partial charge in [-0.2, -0.15) is 0 Å². The molecule has 0 spiro atoms. The molecule has 0 radical (unpaired) electrons. The van der Waals surface area contributed by atoms with E-state index in [0.717, 1.165) is 9.47 Å². The van der Waals surface area contributed by atoms with Gasteiger partial charge in [0.1, 0.15) is 0 Å².